The highest BCUT2D eigenvalue weighted by Gasteiger charge is 2.15. The molecule has 1 atom stereocenters. The molecule has 2 aromatic carbocycles. The zero-order chi connectivity index (χ0) is 15.6. The van der Waals surface area contributed by atoms with Crippen molar-refractivity contribution < 1.29 is 9.18 Å². The number of hydrogen-bond acceptors (Lipinski definition) is 1. The molecule has 0 aliphatic heterocycles. The van der Waals surface area contributed by atoms with E-state index >= 15 is 0 Å². The lowest BCUT2D eigenvalue weighted by Gasteiger charge is -2.15. The van der Waals surface area contributed by atoms with Crippen molar-refractivity contribution in [3.63, 3.8) is 0 Å². The van der Waals surface area contributed by atoms with Gasteiger partial charge in [0.15, 0.2) is 0 Å². The van der Waals surface area contributed by atoms with Crippen LogP contribution < -0.4 is 5.32 Å². The van der Waals surface area contributed by atoms with Crippen LogP contribution in [0.2, 0.25) is 10.0 Å². The molecule has 0 radical (unpaired) electrons. The van der Waals surface area contributed by atoms with Gasteiger partial charge in [0.2, 0.25) is 0 Å². The van der Waals surface area contributed by atoms with E-state index in [2.05, 4.69) is 21.2 Å². The summed E-state index contributed by atoms with van der Waals surface area (Å²) in [5.74, 6) is -0.712. The predicted octanol–water partition coefficient (Wildman–Crippen LogP) is 5.39. The van der Waals surface area contributed by atoms with Gasteiger partial charge in [-0.1, -0.05) is 29.3 Å². The highest BCUT2D eigenvalue weighted by molar-refractivity contribution is 9.10. The molecule has 0 fully saturated rings. The minimum absolute atomic E-state index is 0.260. The minimum atomic E-state index is -0.407. The third-order valence-corrected chi connectivity index (χ3v) is 4.36. The van der Waals surface area contributed by atoms with Crippen LogP contribution in [-0.2, 0) is 0 Å². The van der Waals surface area contributed by atoms with E-state index in [0.717, 1.165) is 5.56 Å². The molecular formula is C15H11BrCl2FNO. The average Bonchev–Trinajstić information content (AvgIpc) is 2.41. The Morgan fingerprint density at radius 2 is 1.90 bits per heavy atom. The fourth-order valence-corrected chi connectivity index (χ4v) is 2.65. The number of amides is 1. The summed E-state index contributed by atoms with van der Waals surface area (Å²) in [7, 11) is 0. The molecule has 1 unspecified atom stereocenters. The zero-order valence-corrected chi connectivity index (χ0v) is 14.1. The van der Waals surface area contributed by atoms with E-state index in [1.807, 2.05) is 6.92 Å². The lowest BCUT2D eigenvalue weighted by atomic mass is 10.1. The normalized spacial score (nSPS) is 12.0. The van der Waals surface area contributed by atoms with E-state index in [-0.39, 0.29) is 11.9 Å². The molecule has 0 bridgehead atoms. The van der Waals surface area contributed by atoms with E-state index in [1.54, 1.807) is 18.2 Å². The molecule has 1 N–H and O–H groups in total. The van der Waals surface area contributed by atoms with Crippen molar-refractivity contribution in [3.05, 3.63) is 67.9 Å². The lowest BCUT2D eigenvalue weighted by molar-refractivity contribution is 0.0939. The third-order valence-electron chi connectivity index (χ3n) is 2.97. The molecule has 2 nitrogen and oxygen atoms in total. The van der Waals surface area contributed by atoms with Crippen molar-refractivity contribution in [3.8, 4) is 0 Å². The predicted molar refractivity (Wildman–Crippen MR) is 86.4 cm³/mol. The Morgan fingerprint density at radius 3 is 2.52 bits per heavy atom. The van der Waals surface area contributed by atoms with Gasteiger partial charge in [-0.2, -0.15) is 0 Å². The largest absolute Gasteiger partial charge is 0.345 e. The Bertz CT molecular complexity index is 693. The number of hydrogen-bond donors (Lipinski definition) is 1. The molecule has 0 aliphatic rings. The zero-order valence-electron chi connectivity index (χ0n) is 11.0. The number of halogens is 4. The van der Waals surface area contributed by atoms with E-state index in [4.69, 9.17) is 23.2 Å². The standard InChI is InChI=1S/C15H11BrCl2FNO/c1-8(9-2-5-13(17)14(18)6-9)20-15(21)11-4-3-10(19)7-12(11)16/h2-8H,1H3,(H,20,21). The SMILES string of the molecule is CC(NC(=O)c1ccc(F)cc1Br)c1ccc(Cl)c(Cl)c1. The van der Waals surface area contributed by atoms with Crippen molar-refractivity contribution in [2.75, 3.05) is 0 Å². The number of nitrogens with one attached hydrogen (secondary N) is 1. The first kappa shape index (κ1) is 16.3. The highest BCUT2D eigenvalue weighted by Crippen LogP contribution is 2.26. The van der Waals surface area contributed by atoms with Gasteiger partial charge >= 0.3 is 0 Å². The third kappa shape index (κ3) is 3.96. The van der Waals surface area contributed by atoms with Crippen molar-refractivity contribution in [1.29, 1.82) is 0 Å². The van der Waals surface area contributed by atoms with Crippen LogP contribution in [0.1, 0.15) is 28.9 Å². The summed E-state index contributed by atoms with van der Waals surface area (Å²) in [4.78, 5) is 12.2. The quantitative estimate of drug-likeness (QED) is 0.748. The van der Waals surface area contributed by atoms with Crippen LogP contribution in [0.3, 0.4) is 0 Å². The van der Waals surface area contributed by atoms with Gasteiger partial charge in [-0.3, -0.25) is 4.79 Å². The van der Waals surface area contributed by atoms with Crippen LogP contribution in [0.15, 0.2) is 40.9 Å². The number of carbonyl (C=O) groups is 1. The van der Waals surface area contributed by atoms with Crippen LogP contribution >= 0.6 is 39.1 Å². The lowest BCUT2D eigenvalue weighted by Crippen LogP contribution is -2.27. The molecule has 0 aromatic heterocycles. The number of rotatable bonds is 3. The summed E-state index contributed by atoms with van der Waals surface area (Å²) in [6.07, 6.45) is 0. The summed E-state index contributed by atoms with van der Waals surface area (Å²) >= 11 is 15.0. The molecule has 1 amide bonds. The van der Waals surface area contributed by atoms with Crippen molar-refractivity contribution in [2.24, 2.45) is 0 Å². The van der Waals surface area contributed by atoms with Gasteiger partial charge in [0, 0.05) is 4.47 Å². The van der Waals surface area contributed by atoms with Crippen molar-refractivity contribution >= 4 is 45.0 Å². The first-order valence-corrected chi connectivity index (χ1v) is 7.64. The number of benzene rings is 2. The van der Waals surface area contributed by atoms with Gasteiger partial charge in [-0.05, 0) is 58.7 Å². The van der Waals surface area contributed by atoms with E-state index in [0.29, 0.717) is 20.1 Å². The van der Waals surface area contributed by atoms with E-state index in [1.165, 1.54) is 18.2 Å². The van der Waals surface area contributed by atoms with Gasteiger partial charge in [0.1, 0.15) is 5.82 Å². The van der Waals surface area contributed by atoms with Crippen LogP contribution in [0, 0.1) is 5.82 Å². The monoisotopic (exact) mass is 389 g/mol. The highest BCUT2D eigenvalue weighted by atomic mass is 79.9. The maximum Gasteiger partial charge on any atom is 0.252 e. The minimum Gasteiger partial charge on any atom is -0.345 e. The Labute approximate surface area is 140 Å². The fourth-order valence-electron chi connectivity index (χ4n) is 1.81. The van der Waals surface area contributed by atoms with Gasteiger partial charge < -0.3 is 5.32 Å². The molecule has 2 aromatic rings. The van der Waals surface area contributed by atoms with Gasteiger partial charge in [-0.15, -0.1) is 0 Å². The van der Waals surface area contributed by atoms with E-state index < -0.39 is 5.82 Å². The maximum atomic E-state index is 13.0. The molecule has 0 aliphatic carbocycles. The summed E-state index contributed by atoms with van der Waals surface area (Å²) in [6, 6.07) is 8.82. The van der Waals surface area contributed by atoms with Crippen molar-refractivity contribution in [1.82, 2.24) is 5.32 Å². The summed E-state index contributed by atoms with van der Waals surface area (Å²) in [6.45, 7) is 1.83. The molecular weight excluding hydrogens is 380 g/mol. The molecule has 6 heteroatoms. The molecule has 2 rings (SSSR count). The first-order valence-electron chi connectivity index (χ1n) is 6.09. The van der Waals surface area contributed by atoms with Crippen LogP contribution in [0.5, 0.6) is 0 Å². The average molecular weight is 391 g/mol. The van der Waals surface area contributed by atoms with Crippen molar-refractivity contribution in [2.45, 2.75) is 13.0 Å². The Hall–Kier alpha value is -1.10. The Morgan fingerprint density at radius 1 is 1.19 bits per heavy atom. The maximum absolute atomic E-state index is 13.0. The molecule has 110 valence electrons. The molecule has 0 spiro atoms. The molecule has 0 saturated carbocycles. The van der Waals surface area contributed by atoms with Gasteiger partial charge in [0.25, 0.3) is 5.91 Å². The second-order valence-electron chi connectivity index (χ2n) is 4.49. The number of carbonyl (C=O) groups excluding carboxylic acids is 1. The molecule has 21 heavy (non-hydrogen) atoms. The Balaban J connectivity index is 2.16. The summed E-state index contributed by atoms with van der Waals surface area (Å²) in [5, 5.41) is 3.71. The van der Waals surface area contributed by atoms with E-state index in [9.17, 15) is 9.18 Å². The summed E-state index contributed by atoms with van der Waals surface area (Å²) in [5.41, 5.74) is 1.19. The fraction of sp³-hybridized carbons (Fsp3) is 0.133. The van der Waals surface area contributed by atoms with Gasteiger partial charge in [-0.25, -0.2) is 4.39 Å². The van der Waals surface area contributed by atoms with Crippen LogP contribution in [-0.4, -0.2) is 5.91 Å². The second kappa shape index (κ2) is 6.77. The second-order valence-corrected chi connectivity index (χ2v) is 6.16. The van der Waals surface area contributed by atoms with Crippen LogP contribution in [0.4, 0.5) is 4.39 Å². The molecule has 0 heterocycles. The topological polar surface area (TPSA) is 29.1 Å². The summed E-state index contributed by atoms with van der Waals surface area (Å²) < 4.78 is 13.4. The smallest absolute Gasteiger partial charge is 0.252 e. The van der Waals surface area contributed by atoms with Crippen LogP contribution in [0.25, 0.3) is 0 Å². The Kier molecular flexibility index (Phi) is 5.25. The first-order chi connectivity index (χ1) is 9.88. The molecule has 0 saturated heterocycles. The van der Waals surface area contributed by atoms with Gasteiger partial charge in [0.05, 0.1) is 21.7 Å².